The minimum Gasteiger partial charge on any atom is -0.504 e. The number of aromatic hydroxyl groups is 2. The molecule has 0 radical (unpaired) electrons. The number of benzene rings is 3. The topological polar surface area (TPSA) is 178 Å². The average molecular weight is 832 g/mol. The molecule has 10 rings (SSSR count). The van der Waals surface area contributed by atoms with Gasteiger partial charge in [0.25, 0.3) is 0 Å². The van der Waals surface area contributed by atoms with Crippen LogP contribution in [0.3, 0.4) is 0 Å². The third-order valence-electron chi connectivity index (χ3n) is 13.2. The molecule has 0 amide bonds. The van der Waals surface area contributed by atoms with E-state index in [9.17, 15) is 24.9 Å². The normalized spacial score (nSPS) is 27.6. The van der Waals surface area contributed by atoms with Crippen LogP contribution in [0.25, 0.3) is 0 Å². The molecule has 3 aromatic rings. The number of nitrogens with zero attached hydrogens (tertiary/aromatic N) is 1. The zero-order valence-corrected chi connectivity index (χ0v) is 35.0. The third kappa shape index (κ3) is 6.29. The van der Waals surface area contributed by atoms with Gasteiger partial charge >= 0.3 is 11.9 Å². The van der Waals surface area contributed by atoms with Crippen molar-refractivity contribution in [2.24, 2.45) is 0 Å². The summed E-state index contributed by atoms with van der Waals surface area (Å²) in [5, 5.41) is 41.9. The van der Waals surface area contributed by atoms with E-state index in [4.69, 9.17) is 28.4 Å². The lowest BCUT2D eigenvalue weighted by molar-refractivity contribution is -0.164. The van der Waals surface area contributed by atoms with Crippen LogP contribution in [0.15, 0.2) is 18.2 Å². The van der Waals surface area contributed by atoms with Gasteiger partial charge in [0.1, 0.15) is 18.6 Å². The Kier molecular flexibility index (Phi) is 10.6. The molecule has 7 atom stereocenters. The number of aliphatic hydroxyl groups excluding tert-OH is 1. The predicted octanol–water partition coefficient (Wildman–Crippen LogP) is 5.41. The highest BCUT2D eigenvalue weighted by atomic mass is 32.2. The van der Waals surface area contributed by atoms with Crippen molar-refractivity contribution < 1.29 is 53.3 Å². The number of esters is 2. The van der Waals surface area contributed by atoms with Crippen LogP contribution in [0.4, 0.5) is 0 Å². The Morgan fingerprint density at radius 2 is 1.78 bits per heavy atom. The Hall–Kier alpha value is -4.41. The second kappa shape index (κ2) is 15.6. The van der Waals surface area contributed by atoms with Gasteiger partial charge in [-0.05, 0) is 67.5 Å². The number of hydrogen-bond acceptors (Lipinski definition) is 15. The van der Waals surface area contributed by atoms with Crippen molar-refractivity contribution in [1.29, 1.82) is 0 Å². The van der Waals surface area contributed by atoms with Crippen LogP contribution in [0.1, 0.15) is 107 Å². The number of unbranched alkanes of at least 4 members (excludes halogenated alkanes) is 4. The number of piperazine rings is 1. The molecule has 15 heteroatoms. The van der Waals surface area contributed by atoms with Crippen LogP contribution < -0.4 is 34.3 Å². The molecule has 316 valence electrons. The number of rotatable bonds is 9. The number of carbonyl (C=O) groups is 2. The van der Waals surface area contributed by atoms with Gasteiger partial charge in [0, 0.05) is 47.0 Å². The Bertz CT molecular complexity index is 2200. The van der Waals surface area contributed by atoms with Crippen LogP contribution in [0.2, 0.25) is 0 Å². The molecular formula is C44H53N3O11S. The SMILES string of the molecule is CCCCCCCC(=O)Oc1c(C)c2c(c3c1[C@H]1SC[C@]4(NCCc5cc(O)c(OC)cc54)C(=O)OC[C@@H]3N3C1[C@@H]1N[C@@H](Cc4cc(C)c(OC)c(O)c41)[C@@H]3O)OCO2. The summed E-state index contributed by atoms with van der Waals surface area (Å²) in [6, 6.07) is 3.02. The molecule has 2 saturated heterocycles. The van der Waals surface area contributed by atoms with E-state index in [0.717, 1.165) is 42.4 Å². The summed E-state index contributed by atoms with van der Waals surface area (Å²) in [4.78, 5) is 30.7. The number of carbonyl (C=O) groups excluding carboxylic acids is 2. The summed E-state index contributed by atoms with van der Waals surface area (Å²) < 4.78 is 36.6. The summed E-state index contributed by atoms with van der Waals surface area (Å²) in [5.74, 6) is 1.18. The van der Waals surface area contributed by atoms with Gasteiger partial charge in [-0.2, -0.15) is 0 Å². The molecule has 0 aliphatic carbocycles. The predicted molar refractivity (Wildman–Crippen MR) is 218 cm³/mol. The van der Waals surface area contributed by atoms with E-state index in [1.807, 2.05) is 24.8 Å². The molecule has 7 aliphatic heterocycles. The van der Waals surface area contributed by atoms with E-state index in [1.165, 1.54) is 26.0 Å². The smallest absolute Gasteiger partial charge is 0.331 e. The molecule has 2 fully saturated rings. The summed E-state index contributed by atoms with van der Waals surface area (Å²) in [6.07, 6.45) is 5.03. The van der Waals surface area contributed by atoms with Crippen molar-refractivity contribution in [3.8, 4) is 40.2 Å². The van der Waals surface area contributed by atoms with Crippen LogP contribution in [-0.2, 0) is 32.7 Å². The fraction of sp³-hybridized carbons (Fsp3) is 0.545. The van der Waals surface area contributed by atoms with Crippen molar-refractivity contribution in [1.82, 2.24) is 15.5 Å². The number of aryl methyl sites for hydroxylation is 1. The molecule has 1 unspecified atom stereocenters. The second-order valence-electron chi connectivity index (χ2n) is 16.5. The summed E-state index contributed by atoms with van der Waals surface area (Å²) in [7, 11) is 3.01. The van der Waals surface area contributed by atoms with E-state index < -0.39 is 47.2 Å². The Morgan fingerprint density at radius 1 is 0.983 bits per heavy atom. The number of ether oxygens (including phenoxy) is 6. The lowest BCUT2D eigenvalue weighted by atomic mass is 9.74. The maximum atomic E-state index is 14.8. The van der Waals surface area contributed by atoms with Gasteiger partial charge in [0.15, 0.2) is 40.0 Å². The maximum absolute atomic E-state index is 14.8. The van der Waals surface area contributed by atoms with Crippen LogP contribution in [0, 0.1) is 13.8 Å². The molecule has 4 bridgehead atoms. The highest BCUT2D eigenvalue weighted by Crippen LogP contribution is 2.63. The number of phenolic OH excluding ortho intramolecular Hbond substituents is 2. The number of thioether (sulfide) groups is 1. The van der Waals surface area contributed by atoms with Crippen LogP contribution >= 0.6 is 11.8 Å². The van der Waals surface area contributed by atoms with E-state index in [1.54, 1.807) is 12.1 Å². The van der Waals surface area contributed by atoms with Gasteiger partial charge in [0.2, 0.25) is 6.79 Å². The average Bonchev–Trinajstić information content (AvgIpc) is 3.72. The van der Waals surface area contributed by atoms with Gasteiger partial charge < -0.3 is 49.1 Å². The summed E-state index contributed by atoms with van der Waals surface area (Å²) >= 11 is 1.48. The lowest BCUT2D eigenvalue weighted by Crippen LogP contribution is -2.69. The van der Waals surface area contributed by atoms with Crippen molar-refractivity contribution in [3.63, 3.8) is 0 Å². The molecule has 5 N–H and O–H groups in total. The molecule has 7 aliphatic rings. The first-order valence-electron chi connectivity index (χ1n) is 20.7. The quantitative estimate of drug-likeness (QED) is 0.105. The molecule has 0 aromatic heterocycles. The molecule has 7 heterocycles. The number of fused-ring (bicyclic) bond motifs is 9. The van der Waals surface area contributed by atoms with E-state index in [2.05, 4.69) is 17.6 Å². The first kappa shape index (κ1) is 40.0. The van der Waals surface area contributed by atoms with Gasteiger partial charge in [-0.1, -0.05) is 38.7 Å². The summed E-state index contributed by atoms with van der Waals surface area (Å²) in [6.45, 7) is 6.11. The molecule has 1 spiro atoms. The number of aliphatic hydroxyl groups is 1. The van der Waals surface area contributed by atoms with Gasteiger partial charge in [-0.3, -0.25) is 15.0 Å². The standard InChI is InChI=1S/C44H53N3O11S/c1-6-7-8-9-10-11-30(49)58-38-22(3)39-40(57-20-56-39)32-27-18-55-43(52)44(25-17-29(53-4)28(48)16-23(25)12-13-45-44)19-59-41(33(32)38)35-34-31-24(14-21(2)37(54-5)36(31)50)15-26(46-34)42(51)47(27)35/h14,16-17,26-27,34-35,41-42,45-46,48,50-51H,6-13,15,18-20H2,1-5H3/t26-,27-,34+,35?,41+,42-,44+/m0/s1. The molecular weight excluding hydrogens is 779 g/mol. The molecule has 0 saturated carbocycles. The molecule has 59 heavy (non-hydrogen) atoms. The number of nitrogens with one attached hydrogen (secondary N) is 2. The Balaban J connectivity index is 1.25. The van der Waals surface area contributed by atoms with E-state index in [-0.39, 0.29) is 48.8 Å². The van der Waals surface area contributed by atoms with Crippen LogP contribution in [0.5, 0.6) is 40.2 Å². The highest BCUT2D eigenvalue weighted by Gasteiger charge is 2.60. The zero-order chi connectivity index (χ0) is 41.3. The fourth-order valence-electron chi connectivity index (χ4n) is 10.5. The second-order valence-corrected chi connectivity index (χ2v) is 17.7. The lowest BCUT2D eigenvalue weighted by Gasteiger charge is -2.59. The first-order chi connectivity index (χ1) is 28.5. The van der Waals surface area contributed by atoms with Crippen molar-refractivity contribution in [3.05, 3.63) is 62.7 Å². The zero-order valence-electron chi connectivity index (χ0n) is 34.1. The van der Waals surface area contributed by atoms with Gasteiger partial charge in [-0.25, -0.2) is 4.79 Å². The Labute approximate surface area is 347 Å². The number of phenols is 2. The van der Waals surface area contributed by atoms with Crippen molar-refractivity contribution in [2.45, 2.75) is 113 Å². The minimum atomic E-state index is -1.36. The Morgan fingerprint density at radius 3 is 2.56 bits per heavy atom. The minimum absolute atomic E-state index is 0.0190. The monoisotopic (exact) mass is 831 g/mol. The van der Waals surface area contributed by atoms with E-state index >= 15 is 0 Å². The molecule has 3 aromatic carbocycles. The maximum Gasteiger partial charge on any atom is 0.331 e. The van der Waals surface area contributed by atoms with Gasteiger partial charge in [-0.15, -0.1) is 11.8 Å². The van der Waals surface area contributed by atoms with E-state index in [0.29, 0.717) is 76.6 Å². The van der Waals surface area contributed by atoms with Crippen molar-refractivity contribution in [2.75, 3.05) is 39.9 Å². The van der Waals surface area contributed by atoms with Gasteiger partial charge in [0.05, 0.1) is 37.6 Å². The largest absolute Gasteiger partial charge is 0.504 e. The third-order valence-corrected chi connectivity index (χ3v) is 14.7. The first-order valence-corrected chi connectivity index (χ1v) is 21.8. The number of methoxy groups -OCH3 is 2. The number of hydrogen-bond donors (Lipinski definition) is 5. The van der Waals surface area contributed by atoms with Crippen molar-refractivity contribution >= 4 is 23.7 Å². The highest BCUT2D eigenvalue weighted by molar-refractivity contribution is 7.99. The summed E-state index contributed by atoms with van der Waals surface area (Å²) in [5.41, 5.74) is 4.39. The fourth-order valence-corrected chi connectivity index (χ4v) is 12.2. The van der Waals surface area contributed by atoms with Crippen LogP contribution in [-0.4, -0.2) is 90.4 Å². The molecule has 14 nitrogen and oxygen atoms in total.